The molecule has 1 aromatic heterocycles. The zero-order valence-electron chi connectivity index (χ0n) is 11.8. The Morgan fingerprint density at radius 3 is 2.84 bits per heavy atom. The maximum Gasteiger partial charge on any atom is 0.0346 e. The van der Waals surface area contributed by atoms with E-state index in [4.69, 9.17) is 5.73 Å². The van der Waals surface area contributed by atoms with Gasteiger partial charge in [-0.15, -0.1) is 0 Å². The molecule has 1 aromatic carbocycles. The molecule has 0 radical (unpaired) electrons. The second-order valence-corrected chi connectivity index (χ2v) is 6.63. The zero-order valence-corrected chi connectivity index (χ0v) is 11.8. The highest BCUT2D eigenvalue weighted by molar-refractivity contribution is 5.85. The molecule has 1 aliphatic carbocycles. The largest absolute Gasteiger partial charge is 0.327 e. The molecule has 0 aliphatic heterocycles. The van der Waals surface area contributed by atoms with E-state index >= 15 is 0 Å². The topological polar surface area (TPSA) is 38.9 Å². The summed E-state index contributed by atoms with van der Waals surface area (Å²) >= 11 is 0. The molecule has 3 rings (SSSR count). The van der Waals surface area contributed by atoms with Crippen LogP contribution < -0.4 is 5.73 Å². The molecule has 2 N–H and O–H groups in total. The van der Waals surface area contributed by atoms with Crippen molar-refractivity contribution < 1.29 is 0 Å². The van der Waals surface area contributed by atoms with E-state index < -0.39 is 0 Å². The van der Waals surface area contributed by atoms with E-state index in [1.54, 1.807) is 0 Å². The van der Waals surface area contributed by atoms with Gasteiger partial charge in [0.25, 0.3) is 0 Å². The van der Waals surface area contributed by atoms with Gasteiger partial charge in [-0.25, -0.2) is 0 Å². The Morgan fingerprint density at radius 1 is 1.21 bits per heavy atom. The van der Waals surface area contributed by atoms with Gasteiger partial charge in [-0.3, -0.25) is 4.98 Å². The third-order valence-electron chi connectivity index (χ3n) is 4.54. The summed E-state index contributed by atoms with van der Waals surface area (Å²) in [7, 11) is 0. The van der Waals surface area contributed by atoms with E-state index in [1.165, 1.54) is 22.8 Å². The van der Waals surface area contributed by atoms with Crippen LogP contribution in [0.3, 0.4) is 0 Å². The minimum absolute atomic E-state index is 0.264. The van der Waals surface area contributed by atoms with Gasteiger partial charge < -0.3 is 5.73 Å². The molecule has 0 spiro atoms. The fourth-order valence-corrected chi connectivity index (χ4v) is 3.38. The Kier molecular flexibility index (Phi) is 3.06. The molecule has 2 atom stereocenters. The van der Waals surface area contributed by atoms with Crippen LogP contribution in [0.5, 0.6) is 0 Å². The summed E-state index contributed by atoms with van der Waals surface area (Å²) in [6, 6.07) is 8.76. The highest BCUT2D eigenvalue weighted by Gasteiger charge is 2.34. The van der Waals surface area contributed by atoms with E-state index in [2.05, 4.69) is 43.1 Å². The number of pyridine rings is 1. The molecule has 1 fully saturated rings. The van der Waals surface area contributed by atoms with Crippen molar-refractivity contribution in [1.82, 2.24) is 4.98 Å². The second-order valence-electron chi connectivity index (χ2n) is 6.63. The van der Waals surface area contributed by atoms with Crippen LogP contribution in [0.2, 0.25) is 0 Å². The van der Waals surface area contributed by atoms with Gasteiger partial charge in [-0.2, -0.15) is 0 Å². The summed E-state index contributed by atoms with van der Waals surface area (Å²) in [6.07, 6.45) is 7.46. The highest BCUT2D eigenvalue weighted by Crippen LogP contribution is 2.44. The minimum Gasteiger partial charge on any atom is -0.327 e. The van der Waals surface area contributed by atoms with Crippen LogP contribution in [0, 0.1) is 5.41 Å². The molecule has 19 heavy (non-hydrogen) atoms. The number of nitrogens with zero attached hydrogens (tertiary/aromatic N) is 1. The fourth-order valence-electron chi connectivity index (χ4n) is 3.38. The molecule has 2 aromatic rings. The van der Waals surface area contributed by atoms with Crippen molar-refractivity contribution in [2.45, 2.75) is 45.1 Å². The van der Waals surface area contributed by atoms with Crippen LogP contribution in [0.1, 0.15) is 44.6 Å². The number of benzene rings is 1. The van der Waals surface area contributed by atoms with E-state index in [1.807, 2.05) is 12.4 Å². The predicted molar refractivity (Wildman–Crippen MR) is 80.1 cm³/mol. The van der Waals surface area contributed by atoms with Crippen LogP contribution in [-0.4, -0.2) is 11.0 Å². The van der Waals surface area contributed by atoms with Crippen LogP contribution in [0.25, 0.3) is 10.8 Å². The average molecular weight is 254 g/mol. The van der Waals surface area contributed by atoms with E-state index in [9.17, 15) is 0 Å². The lowest BCUT2D eigenvalue weighted by atomic mass is 9.68. The van der Waals surface area contributed by atoms with Crippen LogP contribution >= 0.6 is 0 Å². The Labute approximate surface area is 115 Å². The first-order valence-corrected chi connectivity index (χ1v) is 7.15. The standard InChI is InChI=1S/C17H22N2/c1-17(2)8-7-16(18)14(9-17)15-11-19-10-12-5-3-4-6-13(12)15/h3-6,10-11,14,16H,7-9,18H2,1-2H3. The molecule has 0 bridgehead atoms. The average Bonchev–Trinajstić information content (AvgIpc) is 2.41. The van der Waals surface area contributed by atoms with Gasteiger partial charge in [0.05, 0.1) is 0 Å². The lowest BCUT2D eigenvalue weighted by Gasteiger charge is -2.39. The molecular weight excluding hydrogens is 232 g/mol. The normalized spacial score (nSPS) is 26.5. The van der Waals surface area contributed by atoms with Gasteiger partial charge >= 0.3 is 0 Å². The van der Waals surface area contributed by atoms with Crippen molar-refractivity contribution in [3.8, 4) is 0 Å². The summed E-state index contributed by atoms with van der Waals surface area (Å²) in [5.41, 5.74) is 8.11. The molecule has 0 amide bonds. The SMILES string of the molecule is CC1(C)CCC(N)C(c2cncc3ccccc23)C1. The molecule has 1 saturated carbocycles. The van der Waals surface area contributed by atoms with Gasteiger partial charge in [0, 0.05) is 29.7 Å². The number of hydrogen-bond acceptors (Lipinski definition) is 2. The first kappa shape index (κ1) is 12.6. The maximum absolute atomic E-state index is 6.40. The van der Waals surface area contributed by atoms with Gasteiger partial charge in [0.15, 0.2) is 0 Å². The first-order valence-electron chi connectivity index (χ1n) is 7.15. The van der Waals surface area contributed by atoms with Gasteiger partial charge in [0.2, 0.25) is 0 Å². The van der Waals surface area contributed by atoms with Crippen LogP contribution in [0.4, 0.5) is 0 Å². The third kappa shape index (κ3) is 2.37. The smallest absolute Gasteiger partial charge is 0.0346 e. The van der Waals surface area contributed by atoms with E-state index in [0.29, 0.717) is 11.3 Å². The minimum atomic E-state index is 0.264. The Balaban J connectivity index is 2.08. The van der Waals surface area contributed by atoms with E-state index in [0.717, 1.165) is 12.8 Å². The van der Waals surface area contributed by atoms with Crippen LogP contribution in [-0.2, 0) is 0 Å². The molecular formula is C17H22N2. The van der Waals surface area contributed by atoms with Gasteiger partial charge in [-0.1, -0.05) is 38.1 Å². The van der Waals surface area contributed by atoms with Crippen molar-refractivity contribution in [3.05, 3.63) is 42.2 Å². The molecule has 0 saturated heterocycles. The summed E-state index contributed by atoms with van der Waals surface area (Å²) < 4.78 is 0. The summed E-state index contributed by atoms with van der Waals surface area (Å²) in [6.45, 7) is 4.70. The maximum atomic E-state index is 6.40. The molecule has 1 aliphatic rings. The predicted octanol–water partition coefficient (Wildman–Crippen LogP) is 3.86. The lowest BCUT2D eigenvalue weighted by molar-refractivity contribution is 0.199. The zero-order chi connectivity index (χ0) is 13.5. The fraction of sp³-hybridized carbons (Fsp3) is 0.471. The lowest BCUT2D eigenvalue weighted by Crippen LogP contribution is -2.37. The van der Waals surface area contributed by atoms with Gasteiger partial charge in [0.1, 0.15) is 0 Å². The highest BCUT2D eigenvalue weighted by atomic mass is 14.7. The molecule has 1 heterocycles. The number of rotatable bonds is 1. The van der Waals surface area contributed by atoms with Crippen molar-refractivity contribution in [2.24, 2.45) is 11.1 Å². The number of fused-ring (bicyclic) bond motifs is 1. The van der Waals surface area contributed by atoms with Crippen molar-refractivity contribution in [1.29, 1.82) is 0 Å². The van der Waals surface area contributed by atoms with E-state index in [-0.39, 0.29) is 6.04 Å². The first-order chi connectivity index (χ1) is 9.07. The number of nitrogens with two attached hydrogens (primary N) is 1. The summed E-state index contributed by atoms with van der Waals surface area (Å²) in [5, 5.41) is 2.53. The quantitative estimate of drug-likeness (QED) is 0.839. The van der Waals surface area contributed by atoms with Crippen molar-refractivity contribution in [2.75, 3.05) is 0 Å². The molecule has 2 unspecified atom stereocenters. The molecule has 2 nitrogen and oxygen atoms in total. The van der Waals surface area contributed by atoms with Crippen LogP contribution in [0.15, 0.2) is 36.7 Å². The molecule has 2 heteroatoms. The second kappa shape index (κ2) is 4.61. The Bertz CT molecular complexity index is 583. The Morgan fingerprint density at radius 2 is 2.00 bits per heavy atom. The summed E-state index contributed by atoms with van der Waals surface area (Å²) in [4.78, 5) is 4.41. The van der Waals surface area contributed by atoms with Crippen molar-refractivity contribution >= 4 is 10.8 Å². The summed E-state index contributed by atoms with van der Waals surface area (Å²) in [5.74, 6) is 0.433. The third-order valence-corrected chi connectivity index (χ3v) is 4.54. The molecule has 100 valence electrons. The Hall–Kier alpha value is -1.41. The number of aromatic nitrogens is 1. The van der Waals surface area contributed by atoms with Crippen molar-refractivity contribution in [3.63, 3.8) is 0 Å². The van der Waals surface area contributed by atoms with Gasteiger partial charge in [-0.05, 0) is 35.6 Å². The number of hydrogen-bond donors (Lipinski definition) is 1. The monoisotopic (exact) mass is 254 g/mol.